The summed E-state index contributed by atoms with van der Waals surface area (Å²) in [6, 6.07) is 6.01. The zero-order chi connectivity index (χ0) is 19.6. The SMILES string of the molecule is O=c1c(CN2CCOCC2)cc2cc3c(cc2n1CCN1CCCCC1)OCO3. The van der Waals surface area contributed by atoms with Gasteiger partial charge in [0.15, 0.2) is 11.5 Å². The number of piperidine rings is 1. The number of morpholine rings is 1. The molecule has 0 saturated carbocycles. The van der Waals surface area contributed by atoms with Crippen LogP contribution in [0.25, 0.3) is 10.9 Å². The molecular formula is C22H29N3O4. The maximum Gasteiger partial charge on any atom is 0.255 e. The van der Waals surface area contributed by atoms with E-state index in [1.54, 1.807) is 0 Å². The molecule has 2 fully saturated rings. The Morgan fingerprint density at radius 2 is 1.59 bits per heavy atom. The molecule has 0 aliphatic carbocycles. The van der Waals surface area contributed by atoms with Crippen molar-refractivity contribution in [1.82, 2.24) is 14.4 Å². The predicted octanol–water partition coefficient (Wildman–Crippen LogP) is 2.05. The van der Waals surface area contributed by atoms with E-state index in [1.807, 2.05) is 22.8 Å². The average molecular weight is 399 g/mol. The number of hydrogen-bond acceptors (Lipinski definition) is 6. The van der Waals surface area contributed by atoms with Crippen LogP contribution in [0, 0.1) is 0 Å². The third-order valence-electron chi connectivity index (χ3n) is 6.25. The lowest BCUT2D eigenvalue weighted by Crippen LogP contribution is -2.39. The van der Waals surface area contributed by atoms with Gasteiger partial charge in [-0.1, -0.05) is 6.42 Å². The minimum atomic E-state index is 0.111. The number of pyridine rings is 1. The third-order valence-corrected chi connectivity index (χ3v) is 6.25. The Hall–Kier alpha value is -2.09. The molecule has 2 saturated heterocycles. The maximum atomic E-state index is 13.4. The lowest BCUT2D eigenvalue weighted by Gasteiger charge is -2.28. The van der Waals surface area contributed by atoms with Crippen LogP contribution in [0.15, 0.2) is 23.0 Å². The van der Waals surface area contributed by atoms with Gasteiger partial charge in [0.05, 0.1) is 18.7 Å². The van der Waals surface area contributed by atoms with Crippen LogP contribution >= 0.6 is 0 Å². The molecule has 3 aliphatic rings. The molecule has 2 aromatic rings. The molecule has 1 aromatic heterocycles. The van der Waals surface area contributed by atoms with Crippen LogP contribution in [0.5, 0.6) is 11.5 Å². The molecular weight excluding hydrogens is 370 g/mol. The summed E-state index contributed by atoms with van der Waals surface area (Å²) in [6.45, 7) is 7.97. The molecule has 0 amide bonds. The van der Waals surface area contributed by atoms with E-state index in [4.69, 9.17) is 14.2 Å². The summed E-state index contributed by atoms with van der Waals surface area (Å²) >= 11 is 0. The summed E-state index contributed by atoms with van der Waals surface area (Å²) in [5, 5.41) is 1.04. The Balaban J connectivity index is 1.50. The van der Waals surface area contributed by atoms with E-state index < -0.39 is 0 Å². The van der Waals surface area contributed by atoms with E-state index in [0.29, 0.717) is 13.1 Å². The van der Waals surface area contributed by atoms with Crippen LogP contribution in [0.3, 0.4) is 0 Å². The quantitative estimate of drug-likeness (QED) is 0.767. The van der Waals surface area contributed by atoms with E-state index in [-0.39, 0.29) is 12.4 Å². The monoisotopic (exact) mass is 399 g/mol. The third kappa shape index (κ3) is 3.99. The summed E-state index contributed by atoms with van der Waals surface area (Å²) < 4.78 is 18.6. The standard InChI is InChI=1S/C22H29N3O4/c26-22-18(15-24-8-10-27-11-9-24)12-17-13-20-21(29-16-28-20)14-19(17)25(22)7-6-23-4-2-1-3-5-23/h12-14H,1-11,15-16H2. The van der Waals surface area contributed by atoms with Crippen molar-refractivity contribution in [2.24, 2.45) is 0 Å². The first kappa shape index (κ1) is 18.9. The summed E-state index contributed by atoms with van der Waals surface area (Å²) in [4.78, 5) is 18.2. The van der Waals surface area contributed by atoms with E-state index in [0.717, 1.165) is 73.9 Å². The highest BCUT2D eigenvalue weighted by Gasteiger charge is 2.20. The van der Waals surface area contributed by atoms with Gasteiger partial charge in [-0.05, 0) is 38.1 Å². The molecule has 7 nitrogen and oxygen atoms in total. The van der Waals surface area contributed by atoms with Crippen molar-refractivity contribution in [1.29, 1.82) is 0 Å². The fraction of sp³-hybridized carbons (Fsp3) is 0.591. The minimum absolute atomic E-state index is 0.111. The Morgan fingerprint density at radius 3 is 2.38 bits per heavy atom. The first-order valence-corrected chi connectivity index (χ1v) is 10.8. The second kappa shape index (κ2) is 8.34. The maximum absolute atomic E-state index is 13.4. The van der Waals surface area contributed by atoms with Gasteiger partial charge in [0.1, 0.15) is 0 Å². The molecule has 0 unspecified atom stereocenters. The number of benzene rings is 1. The number of nitrogens with zero attached hydrogens (tertiary/aromatic N) is 3. The highest BCUT2D eigenvalue weighted by Crippen LogP contribution is 2.36. The molecule has 1 aromatic carbocycles. The zero-order valence-corrected chi connectivity index (χ0v) is 16.9. The van der Waals surface area contributed by atoms with Gasteiger partial charge in [0, 0.05) is 49.7 Å². The fourth-order valence-corrected chi connectivity index (χ4v) is 4.59. The minimum Gasteiger partial charge on any atom is -0.454 e. The predicted molar refractivity (Wildman–Crippen MR) is 111 cm³/mol. The van der Waals surface area contributed by atoms with Gasteiger partial charge in [-0.3, -0.25) is 9.69 Å². The molecule has 0 atom stereocenters. The van der Waals surface area contributed by atoms with Crippen LogP contribution in [0.2, 0.25) is 0 Å². The molecule has 3 aliphatic heterocycles. The smallest absolute Gasteiger partial charge is 0.255 e. The molecule has 0 spiro atoms. The van der Waals surface area contributed by atoms with E-state index in [2.05, 4.69) is 9.80 Å². The van der Waals surface area contributed by atoms with Crippen LogP contribution in [0.1, 0.15) is 24.8 Å². The van der Waals surface area contributed by atoms with Gasteiger partial charge < -0.3 is 23.7 Å². The number of likely N-dealkylation sites (tertiary alicyclic amines) is 1. The van der Waals surface area contributed by atoms with E-state index >= 15 is 0 Å². The van der Waals surface area contributed by atoms with Crippen molar-refractivity contribution in [3.63, 3.8) is 0 Å². The second-order valence-corrected chi connectivity index (χ2v) is 8.18. The second-order valence-electron chi connectivity index (χ2n) is 8.18. The van der Waals surface area contributed by atoms with Crippen LogP contribution in [-0.4, -0.2) is 67.1 Å². The molecule has 0 radical (unpaired) electrons. The molecule has 0 N–H and O–H groups in total. The topological polar surface area (TPSA) is 56.2 Å². The Bertz CT molecular complexity index is 930. The van der Waals surface area contributed by atoms with Crippen molar-refractivity contribution in [2.75, 3.05) is 52.7 Å². The first-order chi connectivity index (χ1) is 14.3. The van der Waals surface area contributed by atoms with Crippen molar-refractivity contribution >= 4 is 10.9 Å². The van der Waals surface area contributed by atoms with Crippen molar-refractivity contribution in [3.05, 3.63) is 34.1 Å². The summed E-state index contributed by atoms with van der Waals surface area (Å²) in [5.41, 5.74) is 1.89. The van der Waals surface area contributed by atoms with Gasteiger partial charge in [-0.15, -0.1) is 0 Å². The number of aromatic nitrogens is 1. The van der Waals surface area contributed by atoms with Crippen molar-refractivity contribution in [2.45, 2.75) is 32.4 Å². The largest absolute Gasteiger partial charge is 0.454 e. The number of hydrogen-bond donors (Lipinski definition) is 0. The molecule has 156 valence electrons. The molecule has 0 bridgehead atoms. The Labute approximate surface area is 170 Å². The van der Waals surface area contributed by atoms with Crippen molar-refractivity contribution in [3.8, 4) is 11.5 Å². The van der Waals surface area contributed by atoms with Crippen LogP contribution in [-0.2, 0) is 17.8 Å². The zero-order valence-electron chi connectivity index (χ0n) is 16.9. The lowest BCUT2D eigenvalue weighted by atomic mass is 10.1. The van der Waals surface area contributed by atoms with Crippen LogP contribution < -0.4 is 15.0 Å². The Morgan fingerprint density at radius 1 is 0.828 bits per heavy atom. The van der Waals surface area contributed by atoms with Gasteiger partial charge in [-0.2, -0.15) is 0 Å². The van der Waals surface area contributed by atoms with Crippen molar-refractivity contribution < 1.29 is 14.2 Å². The summed E-state index contributed by atoms with van der Waals surface area (Å²) in [5.74, 6) is 1.49. The van der Waals surface area contributed by atoms with Gasteiger partial charge in [0.25, 0.3) is 5.56 Å². The number of ether oxygens (including phenoxy) is 3. The highest BCUT2D eigenvalue weighted by molar-refractivity contribution is 5.84. The van der Waals surface area contributed by atoms with E-state index in [9.17, 15) is 4.79 Å². The number of fused-ring (bicyclic) bond motifs is 2. The van der Waals surface area contributed by atoms with Crippen LogP contribution in [0.4, 0.5) is 0 Å². The number of rotatable bonds is 5. The molecule has 5 rings (SSSR count). The fourth-order valence-electron chi connectivity index (χ4n) is 4.59. The normalized spacial score (nSPS) is 20.4. The Kier molecular flexibility index (Phi) is 5.44. The molecule has 29 heavy (non-hydrogen) atoms. The summed E-state index contributed by atoms with van der Waals surface area (Å²) in [7, 11) is 0. The molecule has 4 heterocycles. The average Bonchev–Trinajstić information content (AvgIpc) is 3.21. The van der Waals surface area contributed by atoms with Gasteiger partial charge in [-0.25, -0.2) is 0 Å². The van der Waals surface area contributed by atoms with Gasteiger partial charge >= 0.3 is 0 Å². The lowest BCUT2D eigenvalue weighted by molar-refractivity contribution is 0.0340. The first-order valence-electron chi connectivity index (χ1n) is 10.8. The summed E-state index contributed by atoms with van der Waals surface area (Å²) in [6.07, 6.45) is 3.83. The highest BCUT2D eigenvalue weighted by atomic mass is 16.7. The van der Waals surface area contributed by atoms with Gasteiger partial charge in [0.2, 0.25) is 6.79 Å². The molecule has 7 heteroatoms. The van der Waals surface area contributed by atoms with E-state index in [1.165, 1.54) is 19.3 Å².